The number of aldehydes is 1. The van der Waals surface area contributed by atoms with Gasteiger partial charge in [-0.05, 0) is 13.8 Å². The Labute approximate surface area is 99.2 Å². The van der Waals surface area contributed by atoms with Gasteiger partial charge in [-0.2, -0.15) is 0 Å². The van der Waals surface area contributed by atoms with E-state index >= 15 is 0 Å². The maximum atomic E-state index is 11.3. The summed E-state index contributed by atoms with van der Waals surface area (Å²) in [5.41, 5.74) is 1.38. The maximum Gasteiger partial charge on any atom is 0.246 e. The molecular weight excluding hydrogens is 220 g/mol. The Bertz CT molecular complexity index is 481. The van der Waals surface area contributed by atoms with Crippen molar-refractivity contribution >= 4 is 12.2 Å². The minimum absolute atomic E-state index is 0.126. The Balaban J connectivity index is 2.92. The highest BCUT2D eigenvalue weighted by molar-refractivity contribution is 5.92. The molecule has 0 bridgehead atoms. The van der Waals surface area contributed by atoms with Crippen molar-refractivity contribution < 1.29 is 14.7 Å². The second-order valence-corrected chi connectivity index (χ2v) is 3.71. The van der Waals surface area contributed by atoms with Crippen LogP contribution in [0.2, 0.25) is 0 Å². The lowest BCUT2D eigenvalue weighted by Gasteiger charge is -2.09. The first-order valence-electron chi connectivity index (χ1n) is 5.03. The van der Waals surface area contributed by atoms with E-state index in [2.05, 4.69) is 16.9 Å². The van der Waals surface area contributed by atoms with Gasteiger partial charge < -0.3 is 10.4 Å². The number of rotatable bonds is 4. The largest absolute Gasteiger partial charge is 0.505 e. The summed E-state index contributed by atoms with van der Waals surface area (Å²) in [6.07, 6.45) is 2.00. The smallest absolute Gasteiger partial charge is 0.246 e. The molecule has 90 valence electrons. The van der Waals surface area contributed by atoms with E-state index in [9.17, 15) is 14.7 Å². The number of amides is 1. The molecule has 1 aromatic heterocycles. The van der Waals surface area contributed by atoms with Crippen molar-refractivity contribution in [1.82, 2.24) is 10.3 Å². The van der Waals surface area contributed by atoms with E-state index < -0.39 is 0 Å². The summed E-state index contributed by atoms with van der Waals surface area (Å²) in [5.74, 6) is -0.455. The molecule has 0 aromatic carbocycles. The average Bonchev–Trinajstić information content (AvgIpc) is 2.30. The van der Waals surface area contributed by atoms with Crippen molar-refractivity contribution in [1.29, 1.82) is 0 Å². The molecule has 5 nitrogen and oxygen atoms in total. The van der Waals surface area contributed by atoms with Crippen LogP contribution in [-0.2, 0) is 11.3 Å². The molecular formula is C12H14N2O3. The van der Waals surface area contributed by atoms with Crippen molar-refractivity contribution in [3.8, 4) is 5.75 Å². The molecule has 2 N–H and O–H groups in total. The van der Waals surface area contributed by atoms with Crippen molar-refractivity contribution in [3.05, 3.63) is 35.2 Å². The molecule has 0 saturated carbocycles. The molecule has 1 aromatic rings. The Morgan fingerprint density at radius 2 is 2.29 bits per heavy atom. The van der Waals surface area contributed by atoms with Crippen LogP contribution in [0.3, 0.4) is 0 Å². The molecule has 0 spiro atoms. The highest BCUT2D eigenvalue weighted by atomic mass is 16.3. The van der Waals surface area contributed by atoms with E-state index in [0.29, 0.717) is 23.1 Å². The lowest BCUT2D eigenvalue weighted by molar-refractivity contribution is -0.117. The van der Waals surface area contributed by atoms with Gasteiger partial charge in [0.05, 0.1) is 11.3 Å². The third-order valence-corrected chi connectivity index (χ3v) is 2.30. The summed E-state index contributed by atoms with van der Waals surface area (Å²) < 4.78 is 0. The van der Waals surface area contributed by atoms with Crippen LogP contribution in [0, 0.1) is 6.92 Å². The van der Waals surface area contributed by atoms with Crippen LogP contribution in [0.1, 0.15) is 28.5 Å². The standard InChI is InChI=1S/C12H14N2O3/c1-7(2)12(17)14-5-9-4-13-8(3)11(16)10(9)6-15/h4,6,16H,1,5H2,2-3H3,(H,14,17). The summed E-state index contributed by atoms with van der Waals surface area (Å²) in [4.78, 5) is 26.1. The predicted molar refractivity (Wildman–Crippen MR) is 62.7 cm³/mol. The summed E-state index contributed by atoms with van der Waals surface area (Å²) in [6, 6.07) is 0. The summed E-state index contributed by atoms with van der Waals surface area (Å²) in [7, 11) is 0. The SMILES string of the molecule is C=C(C)C(=O)NCc1cnc(C)c(O)c1C=O. The Morgan fingerprint density at radius 1 is 1.65 bits per heavy atom. The van der Waals surface area contributed by atoms with Crippen molar-refractivity contribution in [2.45, 2.75) is 20.4 Å². The molecule has 0 radical (unpaired) electrons. The van der Waals surface area contributed by atoms with E-state index in [4.69, 9.17) is 0 Å². The minimum atomic E-state index is -0.304. The highest BCUT2D eigenvalue weighted by Crippen LogP contribution is 2.21. The third-order valence-electron chi connectivity index (χ3n) is 2.30. The van der Waals surface area contributed by atoms with Crippen LogP contribution >= 0.6 is 0 Å². The van der Waals surface area contributed by atoms with Crippen molar-refractivity contribution in [2.75, 3.05) is 0 Å². The fraction of sp³-hybridized carbons (Fsp3) is 0.250. The molecule has 0 aliphatic carbocycles. The highest BCUT2D eigenvalue weighted by Gasteiger charge is 2.11. The first-order chi connectivity index (χ1) is 7.97. The van der Waals surface area contributed by atoms with Crippen LogP contribution in [0.5, 0.6) is 5.75 Å². The molecule has 1 heterocycles. The normalized spacial score (nSPS) is 9.76. The predicted octanol–water partition coefficient (Wildman–Crippen LogP) is 1.10. The summed E-state index contributed by atoms with van der Waals surface area (Å²) in [5, 5.41) is 12.2. The van der Waals surface area contributed by atoms with Gasteiger partial charge in [0.25, 0.3) is 0 Å². The summed E-state index contributed by atoms with van der Waals surface area (Å²) in [6.45, 7) is 6.80. The second kappa shape index (κ2) is 5.25. The van der Waals surface area contributed by atoms with Gasteiger partial charge in [0, 0.05) is 23.9 Å². The lowest BCUT2D eigenvalue weighted by Crippen LogP contribution is -2.23. The summed E-state index contributed by atoms with van der Waals surface area (Å²) >= 11 is 0. The first kappa shape index (κ1) is 12.9. The van der Waals surface area contributed by atoms with Crippen LogP contribution < -0.4 is 5.32 Å². The van der Waals surface area contributed by atoms with E-state index in [0.717, 1.165) is 0 Å². The fourth-order valence-electron chi connectivity index (χ4n) is 1.25. The second-order valence-electron chi connectivity index (χ2n) is 3.71. The number of nitrogens with one attached hydrogen (secondary N) is 1. The van der Waals surface area contributed by atoms with Crippen LogP contribution in [0.25, 0.3) is 0 Å². The minimum Gasteiger partial charge on any atom is -0.505 e. The van der Waals surface area contributed by atoms with Gasteiger partial charge in [0.2, 0.25) is 5.91 Å². The van der Waals surface area contributed by atoms with Gasteiger partial charge in [-0.25, -0.2) is 0 Å². The Morgan fingerprint density at radius 3 is 2.82 bits per heavy atom. The number of hydrogen-bond acceptors (Lipinski definition) is 4. The van der Waals surface area contributed by atoms with Gasteiger partial charge in [-0.3, -0.25) is 14.6 Å². The number of pyridine rings is 1. The van der Waals surface area contributed by atoms with Gasteiger partial charge in [-0.1, -0.05) is 6.58 Å². The van der Waals surface area contributed by atoms with Crippen molar-refractivity contribution in [3.63, 3.8) is 0 Å². The van der Waals surface area contributed by atoms with E-state index in [1.54, 1.807) is 13.8 Å². The molecule has 1 amide bonds. The third kappa shape index (κ3) is 2.90. The Hall–Kier alpha value is -2.17. The zero-order valence-corrected chi connectivity index (χ0v) is 9.78. The van der Waals surface area contributed by atoms with Gasteiger partial charge >= 0.3 is 0 Å². The van der Waals surface area contributed by atoms with Crippen LogP contribution in [0.15, 0.2) is 18.3 Å². The molecule has 1 rings (SSSR count). The molecule has 0 atom stereocenters. The zero-order chi connectivity index (χ0) is 13.0. The van der Waals surface area contributed by atoms with Gasteiger partial charge in [-0.15, -0.1) is 0 Å². The Kier molecular flexibility index (Phi) is 3.98. The average molecular weight is 234 g/mol. The van der Waals surface area contributed by atoms with Crippen molar-refractivity contribution in [2.24, 2.45) is 0 Å². The monoisotopic (exact) mass is 234 g/mol. The van der Waals surface area contributed by atoms with Crippen LogP contribution in [0.4, 0.5) is 0 Å². The maximum absolute atomic E-state index is 11.3. The van der Waals surface area contributed by atoms with Gasteiger partial charge in [0.15, 0.2) is 6.29 Å². The first-order valence-corrected chi connectivity index (χ1v) is 5.03. The number of aromatic nitrogens is 1. The lowest BCUT2D eigenvalue weighted by atomic mass is 10.1. The molecule has 0 aliphatic rings. The number of aromatic hydroxyl groups is 1. The van der Waals surface area contributed by atoms with E-state index in [1.807, 2.05) is 0 Å². The fourth-order valence-corrected chi connectivity index (χ4v) is 1.25. The number of carbonyl (C=O) groups is 2. The number of hydrogen-bond donors (Lipinski definition) is 2. The van der Waals surface area contributed by atoms with Crippen LogP contribution in [-0.4, -0.2) is 22.3 Å². The van der Waals surface area contributed by atoms with E-state index in [-0.39, 0.29) is 23.8 Å². The molecule has 0 unspecified atom stereocenters. The molecule has 5 heteroatoms. The molecule has 17 heavy (non-hydrogen) atoms. The number of nitrogens with zero attached hydrogens (tertiary/aromatic N) is 1. The topological polar surface area (TPSA) is 79.3 Å². The molecule has 0 saturated heterocycles. The number of aryl methyl sites for hydroxylation is 1. The zero-order valence-electron chi connectivity index (χ0n) is 9.78. The molecule has 0 fully saturated rings. The quantitative estimate of drug-likeness (QED) is 0.604. The van der Waals surface area contributed by atoms with Gasteiger partial charge in [0.1, 0.15) is 5.75 Å². The number of carbonyl (C=O) groups excluding carboxylic acids is 2. The molecule has 0 aliphatic heterocycles. The van der Waals surface area contributed by atoms with E-state index in [1.165, 1.54) is 6.20 Å².